The number of para-hydroxylation sites is 1. The van der Waals surface area contributed by atoms with Gasteiger partial charge in [-0.1, -0.05) is 25.5 Å². The van der Waals surface area contributed by atoms with E-state index < -0.39 is 0 Å². The highest BCUT2D eigenvalue weighted by Crippen LogP contribution is 2.29. The van der Waals surface area contributed by atoms with Crippen molar-refractivity contribution in [3.8, 4) is 5.69 Å². The molecule has 0 aliphatic carbocycles. The molecule has 0 N–H and O–H groups in total. The molecular formula is C15H16BrClN4. The van der Waals surface area contributed by atoms with Crippen molar-refractivity contribution < 1.29 is 0 Å². The van der Waals surface area contributed by atoms with Gasteiger partial charge < -0.3 is 0 Å². The van der Waals surface area contributed by atoms with Crippen molar-refractivity contribution >= 4 is 38.7 Å². The van der Waals surface area contributed by atoms with Gasteiger partial charge in [0.2, 0.25) is 0 Å². The molecule has 6 heteroatoms. The van der Waals surface area contributed by atoms with Crippen molar-refractivity contribution in [2.75, 3.05) is 0 Å². The molecule has 0 atom stereocenters. The van der Waals surface area contributed by atoms with E-state index in [1.54, 1.807) is 0 Å². The van der Waals surface area contributed by atoms with Gasteiger partial charge in [-0.05, 0) is 34.5 Å². The number of alkyl halides is 1. The van der Waals surface area contributed by atoms with Crippen LogP contribution in [-0.4, -0.2) is 19.3 Å². The van der Waals surface area contributed by atoms with Crippen molar-refractivity contribution in [2.24, 2.45) is 7.05 Å². The minimum atomic E-state index is 0.363. The summed E-state index contributed by atoms with van der Waals surface area (Å²) in [5, 5.41) is 4.61. The van der Waals surface area contributed by atoms with Gasteiger partial charge in [0, 0.05) is 11.5 Å². The lowest BCUT2D eigenvalue weighted by atomic mass is 10.2. The first-order valence-electron chi connectivity index (χ1n) is 6.91. The molecule has 21 heavy (non-hydrogen) atoms. The van der Waals surface area contributed by atoms with Crippen molar-refractivity contribution in [3.05, 3.63) is 40.3 Å². The van der Waals surface area contributed by atoms with Gasteiger partial charge in [0.25, 0.3) is 0 Å². The molecule has 0 aliphatic rings. The molecule has 4 nitrogen and oxygen atoms in total. The highest BCUT2D eigenvalue weighted by atomic mass is 79.9. The summed E-state index contributed by atoms with van der Waals surface area (Å²) in [4.78, 5) is 4.71. The van der Waals surface area contributed by atoms with Crippen LogP contribution in [0.2, 0.25) is 0 Å². The third-order valence-corrected chi connectivity index (χ3v) is 4.38. The molecule has 3 rings (SSSR count). The van der Waals surface area contributed by atoms with Gasteiger partial charge in [0.05, 0.1) is 17.3 Å². The third-order valence-electron chi connectivity index (χ3n) is 3.47. The number of hydrogen-bond donors (Lipinski definition) is 0. The SMILES string of the molecule is CCCc1nn(C)c2c1nc(CCl)n2-c1ccccc1Br. The molecule has 2 heterocycles. The average Bonchev–Trinajstić information content (AvgIpc) is 2.99. The van der Waals surface area contributed by atoms with Crippen molar-refractivity contribution in [1.82, 2.24) is 19.3 Å². The van der Waals surface area contributed by atoms with E-state index in [9.17, 15) is 0 Å². The van der Waals surface area contributed by atoms with Gasteiger partial charge in [0.1, 0.15) is 11.3 Å². The first-order chi connectivity index (χ1) is 10.2. The lowest BCUT2D eigenvalue weighted by molar-refractivity contribution is 0.732. The molecule has 2 aromatic heterocycles. The van der Waals surface area contributed by atoms with Crippen LogP contribution < -0.4 is 0 Å². The summed E-state index contributed by atoms with van der Waals surface area (Å²) < 4.78 is 4.98. The van der Waals surface area contributed by atoms with E-state index in [-0.39, 0.29) is 0 Å². The minimum absolute atomic E-state index is 0.363. The molecular weight excluding hydrogens is 352 g/mol. The first kappa shape index (κ1) is 14.6. The Kier molecular flexibility index (Phi) is 4.04. The summed E-state index contributed by atoms with van der Waals surface area (Å²) in [6, 6.07) is 8.07. The van der Waals surface area contributed by atoms with Crippen LogP contribution in [0.1, 0.15) is 24.9 Å². The van der Waals surface area contributed by atoms with Crippen LogP contribution in [0.3, 0.4) is 0 Å². The van der Waals surface area contributed by atoms with E-state index in [4.69, 9.17) is 16.6 Å². The molecule has 0 amide bonds. The second kappa shape index (κ2) is 5.81. The van der Waals surface area contributed by atoms with E-state index in [1.165, 1.54) is 0 Å². The van der Waals surface area contributed by atoms with E-state index in [0.717, 1.165) is 45.7 Å². The molecule has 0 bridgehead atoms. The normalized spacial score (nSPS) is 11.4. The van der Waals surface area contributed by atoms with Gasteiger partial charge >= 0.3 is 0 Å². The molecule has 0 spiro atoms. The van der Waals surface area contributed by atoms with Crippen LogP contribution in [0.25, 0.3) is 16.9 Å². The Hall–Kier alpha value is -1.33. The predicted octanol–water partition coefficient (Wildman–Crippen LogP) is 4.21. The fourth-order valence-electron chi connectivity index (χ4n) is 2.61. The summed E-state index contributed by atoms with van der Waals surface area (Å²) >= 11 is 9.72. The standard InChI is InChI=1S/C15H16BrClN4/c1-3-6-11-14-15(20(2)19-11)21(13(9-17)18-14)12-8-5-4-7-10(12)16/h4-5,7-8H,3,6,9H2,1-2H3. The van der Waals surface area contributed by atoms with Gasteiger partial charge in [-0.25, -0.2) is 9.67 Å². The average molecular weight is 368 g/mol. The lowest BCUT2D eigenvalue weighted by Crippen LogP contribution is -2.05. The molecule has 0 radical (unpaired) electrons. The van der Waals surface area contributed by atoms with E-state index in [0.29, 0.717) is 5.88 Å². The fourth-order valence-corrected chi connectivity index (χ4v) is 3.25. The summed E-state index contributed by atoms with van der Waals surface area (Å²) in [6.45, 7) is 2.15. The monoisotopic (exact) mass is 366 g/mol. The first-order valence-corrected chi connectivity index (χ1v) is 8.24. The zero-order valence-corrected chi connectivity index (χ0v) is 14.3. The topological polar surface area (TPSA) is 35.6 Å². The number of benzene rings is 1. The summed E-state index contributed by atoms with van der Waals surface area (Å²) in [7, 11) is 1.95. The van der Waals surface area contributed by atoms with Crippen molar-refractivity contribution in [1.29, 1.82) is 0 Å². The second-order valence-corrected chi connectivity index (χ2v) is 6.06. The smallest absolute Gasteiger partial charge is 0.163 e. The number of fused-ring (bicyclic) bond motifs is 1. The zero-order valence-electron chi connectivity index (χ0n) is 12.0. The number of rotatable bonds is 4. The molecule has 1 aromatic carbocycles. The third kappa shape index (κ3) is 2.38. The Morgan fingerprint density at radius 3 is 2.71 bits per heavy atom. The molecule has 3 aromatic rings. The molecule has 0 saturated carbocycles. The number of aryl methyl sites for hydroxylation is 2. The Morgan fingerprint density at radius 2 is 2.05 bits per heavy atom. The maximum atomic E-state index is 6.12. The Bertz CT molecular complexity index is 790. The Morgan fingerprint density at radius 1 is 1.29 bits per heavy atom. The Labute approximate surface area is 136 Å². The van der Waals surface area contributed by atoms with E-state index in [2.05, 4.69) is 32.5 Å². The number of imidazole rings is 1. The lowest BCUT2D eigenvalue weighted by Gasteiger charge is -2.10. The van der Waals surface area contributed by atoms with Gasteiger partial charge in [-0.3, -0.25) is 4.57 Å². The number of hydrogen-bond acceptors (Lipinski definition) is 2. The second-order valence-electron chi connectivity index (χ2n) is 4.94. The fraction of sp³-hybridized carbons (Fsp3) is 0.333. The number of nitrogens with zero attached hydrogens (tertiary/aromatic N) is 4. The Balaban J connectivity index is 2.33. The number of halogens is 2. The maximum absolute atomic E-state index is 6.12. The van der Waals surface area contributed by atoms with Gasteiger partial charge in [-0.2, -0.15) is 5.10 Å². The summed E-state index contributed by atoms with van der Waals surface area (Å²) in [5.74, 6) is 1.20. The van der Waals surface area contributed by atoms with E-state index in [1.807, 2.05) is 36.0 Å². The minimum Gasteiger partial charge on any atom is -0.279 e. The largest absolute Gasteiger partial charge is 0.279 e. The van der Waals surface area contributed by atoms with Crippen molar-refractivity contribution in [2.45, 2.75) is 25.6 Å². The quantitative estimate of drug-likeness (QED) is 0.647. The van der Waals surface area contributed by atoms with Crippen LogP contribution in [0.4, 0.5) is 0 Å². The maximum Gasteiger partial charge on any atom is 0.163 e. The van der Waals surface area contributed by atoms with Crippen LogP contribution in [0, 0.1) is 0 Å². The highest BCUT2D eigenvalue weighted by molar-refractivity contribution is 9.10. The predicted molar refractivity (Wildman–Crippen MR) is 89.1 cm³/mol. The summed E-state index contributed by atoms with van der Waals surface area (Å²) in [5.41, 5.74) is 4.00. The van der Waals surface area contributed by atoms with Crippen LogP contribution in [0.5, 0.6) is 0 Å². The van der Waals surface area contributed by atoms with Crippen LogP contribution >= 0.6 is 27.5 Å². The van der Waals surface area contributed by atoms with Gasteiger partial charge in [-0.15, -0.1) is 11.6 Å². The van der Waals surface area contributed by atoms with Gasteiger partial charge in [0.15, 0.2) is 5.65 Å². The summed E-state index contributed by atoms with van der Waals surface area (Å²) in [6.07, 6.45) is 1.97. The van der Waals surface area contributed by atoms with Crippen LogP contribution in [0.15, 0.2) is 28.7 Å². The highest BCUT2D eigenvalue weighted by Gasteiger charge is 2.20. The molecule has 0 aliphatic heterocycles. The molecule has 0 fully saturated rings. The van der Waals surface area contributed by atoms with Crippen molar-refractivity contribution in [3.63, 3.8) is 0 Å². The molecule has 110 valence electrons. The number of aromatic nitrogens is 4. The molecule has 0 saturated heterocycles. The van der Waals surface area contributed by atoms with E-state index >= 15 is 0 Å². The molecule has 0 unspecified atom stereocenters. The van der Waals surface area contributed by atoms with Crippen LogP contribution in [-0.2, 0) is 19.3 Å². The zero-order chi connectivity index (χ0) is 15.0.